The molecule has 1 rings (SSSR count). The number of nitrogens with one attached hydrogen (secondary N) is 1. The van der Waals surface area contributed by atoms with E-state index in [0.29, 0.717) is 17.5 Å². The molecule has 0 amide bonds. The van der Waals surface area contributed by atoms with E-state index < -0.39 is 0 Å². The van der Waals surface area contributed by atoms with Crippen molar-refractivity contribution in [1.82, 2.24) is 5.43 Å². The van der Waals surface area contributed by atoms with Crippen LogP contribution in [0, 0.1) is 5.92 Å². The Bertz CT molecular complexity index is 350. The van der Waals surface area contributed by atoms with Crippen LogP contribution in [0.1, 0.15) is 13.3 Å². The van der Waals surface area contributed by atoms with Crippen molar-refractivity contribution in [3.8, 4) is 5.75 Å². The van der Waals surface area contributed by atoms with Crippen LogP contribution in [-0.2, 0) is 4.74 Å². The molecule has 0 aliphatic heterocycles. The van der Waals surface area contributed by atoms with Crippen LogP contribution in [0.25, 0.3) is 0 Å². The van der Waals surface area contributed by atoms with Gasteiger partial charge in [-0.1, -0.05) is 24.6 Å². The molecule has 2 atom stereocenters. The van der Waals surface area contributed by atoms with Crippen LogP contribution in [-0.4, -0.2) is 26.4 Å². The Hall–Kier alpha value is -0.810. The topological polar surface area (TPSA) is 56.5 Å². The van der Waals surface area contributed by atoms with Gasteiger partial charge in [-0.25, -0.2) is 0 Å². The monoisotopic (exact) mass is 272 g/mol. The summed E-state index contributed by atoms with van der Waals surface area (Å²) < 4.78 is 10.7. The Kier molecular flexibility index (Phi) is 7.05. The van der Waals surface area contributed by atoms with E-state index >= 15 is 0 Å². The number of ether oxygens (including phenoxy) is 2. The first-order valence-corrected chi connectivity index (χ1v) is 6.38. The molecule has 0 aliphatic rings. The number of hydrogen-bond acceptors (Lipinski definition) is 4. The van der Waals surface area contributed by atoms with Crippen molar-refractivity contribution in [1.29, 1.82) is 0 Å². The molecule has 18 heavy (non-hydrogen) atoms. The van der Waals surface area contributed by atoms with Gasteiger partial charge in [-0.05, 0) is 30.5 Å². The number of hydrazine groups is 1. The fourth-order valence-corrected chi connectivity index (χ4v) is 1.80. The highest BCUT2D eigenvalue weighted by molar-refractivity contribution is 6.30. The molecule has 1 aromatic rings. The van der Waals surface area contributed by atoms with Crippen molar-refractivity contribution >= 4 is 11.6 Å². The van der Waals surface area contributed by atoms with Crippen LogP contribution in [0.5, 0.6) is 5.75 Å². The van der Waals surface area contributed by atoms with E-state index in [4.69, 9.17) is 26.9 Å². The number of nitrogens with two attached hydrogens (primary N) is 1. The summed E-state index contributed by atoms with van der Waals surface area (Å²) in [7, 11) is 1.69. The van der Waals surface area contributed by atoms with E-state index in [-0.39, 0.29) is 6.04 Å². The third kappa shape index (κ3) is 5.23. The van der Waals surface area contributed by atoms with E-state index in [2.05, 4.69) is 12.3 Å². The summed E-state index contributed by atoms with van der Waals surface area (Å²) >= 11 is 5.89. The maximum absolute atomic E-state index is 5.89. The second kappa shape index (κ2) is 8.32. The molecule has 0 saturated heterocycles. The Morgan fingerprint density at radius 2 is 2.22 bits per heavy atom. The Labute approximate surface area is 113 Å². The molecule has 1 aromatic carbocycles. The van der Waals surface area contributed by atoms with Gasteiger partial charge < -0.3 is 9.47 Å². The van der Waals surface area contributed by atoms with Crippen LogP contribution < -0.4 is 16.0 Å². The maximum atomic E-state index is 5.89. The molecular formula is C13H21ClN2O2. The standard InChI is InChI=1S/C13H21ClN2O2/c1-10(6-7-17-2)13(16-15)9-18-12-5-3-4-11(14)8-12/h3-5,8,10,13,16H,6-7,9,15H2,1-2H3. The summed E-state index contributed by atoms with van der Waals surface area (Å²) in [5, 5.41) is 0.664. The molecule has 0 aliphatic carbocycles. The summed E-state index contributed by atoms with van der Waals surface area (Å²) in [6.45, 7) is 3.34. The van der Waals surface area contributed by atoms with Crippen molar-refractivity contribution in [3.63, 3.8) is 0 Å². The lowest BCUT2D eigenvalue weighted by molar-refractivity contribution is 0.154. The lowest BCUT2D eigenvalue weighted by Gasteiger charge is -2.23. The van der Waals surface area contributed by atoms with E-state index in [1.807, 2.05) is 18.2 Å². The van der Waals surface area contributed by atoms with Crippen LogP contribution in [0.15, 0.2) is 24.3 Å². The summed E-state index contributed by atoms with van der Waals surface area (Å²) in [6.07, 6.45) is 0.935. The van der Waals surface area contributed by atoms with E-state index in [9.17, 15) is 0 Å². The average molecular weight is 273 g/mol. The zero-order chi connectivity index (χ0) is 13.4. The lowest BCUT2D eigenvalue weighted by Crippen LogP contribution is -2.44. The van der Waals surface area contributed by atoms with Crippen LogP contribution in [0.2, 0.25) is 5.02 Å². The summed E-state index contributed by atoms with van der Waals surface area (Å²) in [6, 6.07) is 7.42. The first kappa shape index (κ1) is 15.2. The highest BCUT2D eigenvalue weighted by Gasteiger charge is 2.16. The fraction of sp³-hybridized carbons (Fsp3) is 0.538. The maximum Gasteiger partial charge on any atom is 0.120 e. The molecule has 0 radical (unpaired) electrons. The zero-order valence-electron chi connectivity index (χ0n) is 10.9. The molecule has 2 unspecified atom stereocenters. The van der Waals surface area contributed by atoms with Gasteiger partial charge in [0.15, 0.2) is 0 Å². The molecule has 4 nitrogen and oxygen atoms in total. The largest absolute Gasteiger partial charge is 0.492 e. The quantitative estimate of drug-likeness (QED) is 0.563. The summed E-state index contributed by atoms with van der Waals surface area (Å²) in [5.74, 6) is 6.66. The van der Waals surface area contributed by atoms with Gasteiger partial charge in [-0.3, -0.25) is 11.3 Å². The van der Waals surface area contributed by atoms with Crippen molar-refractivity contribution < 1.29 is 9.47 Å². The Balaban J connectivity index is 2.43. The van der Waals surface area contributed by atoms with Crippen molar-refractivity contribution in [2.24, 2.45) is 11.8 Å². The van der Waals surface area contributed by atoms with E-state index in [0.717, 1.165) is 18.8 Å². The smallest absolute Gasteiger partial charge is 0.120 e. The van der Waals surface area contributed by atoms with E-state index in [1.54, 1.807) is 13.2 Å². The number of methoxy groups -OCH3 is 1. The number of hydrogen-bond donors (Lipinski definition) is 2. The average Bonchev–Trinajstić information content (AvgIpc) is 2.37. The predicted molar refractivity (Wildman–Crippen MR) is 73.7 cm³/mol. The first-order chi connectivity index (χ1) is 8.67. The minimum Gasteiger partial charge on any atom is -0.492 e. The van der Waals surface area contributed by atoms with Crippen LogP contribution in [0.3, 0.4) is 0 Å². The van der Waals surface area contributed by atoms with Gasteiger partial charge in [-0.15, -0.1) is 0 Å². The molecule has 0 spiro atoms. The van der Waals surface area contributed by atoms with Gasteiger partial charge in [-0.2, -0.15) is 0 Å². The SMILES string of the molecule is COCCC(C)C(COc1cccc(Cl)c1)NN. The summed E-state index contributed by atoms with van der Waals surface area (Å²) in [4.78, 5) is 0. The molecule has 0 aromatic heterocycles. The second-order valence-electron chi connectivity index (χ2n) is 4.30. The highest BCUT2D eigenvalue weighted by Crippen LogP contribution is 2.18. The van der Waals surface area contributed by atoms with Crippen molar-refractivity contribution in [2.45, 2.75) is 19.4 Å². The minimum absolute atomic E-state index is 0.0825. The Morgan fingerprint density at radius 3 is 2.83 bits per heavy atom. The predicted octanol–water partition coefficient (Wildman–Crippen LogP) is 2.22. The summed E-state index contributed by atoms with van der Waals surface area (Å²) in [5.41, 5.74) is 2.78. The van der Waals surface area contributed by atoms with Crippen molar-refractivity contribution in [3.05, 3.63) is 29.3 Å². The molecule has 0 bridgehead atoms. The van der Waals surface area contributed by atoms with E-state index in [1.165, 1.54) is 0 Å². The van der Waals surface area contributed by atoms with Gasteiger partial charge in [0.2, 0.25) is 0 Å². The molecule has 0 fully saturated rings. The minimum atomic E-state index is 0.0825. The normalized spacial score (nSPS) is 14.2. The molecule has 5 heteroatoms. The van der Waals surface area contributed by atoms with Gasteiger partial charge in [0.1, 0.15) is 12.4 Å². The molecule has 0 heterocycles. The molecular weight excluding hydrogens is 252 g/mol. The highest BCUT2D eigenvalue weighted by atomic mass is 35.5. The third-order valence-electron chi connectivity index (χ3n) is 2.90. The fourth-order valence-electron chi connectivity index (χ4n) is 1.62. The first-order valence-electron chi connectivity index (χ1n) is 6.00. The van der Waals surface area contributed by atoms with Crippen LogP contribution in [0.4, 0.5) is 0 Å². The number of halogens is 1. The molecule has 0 saturated carbocycles. The van der Waals surface area contributed by atoms with Gasteiger partial charge >= 0.3 is 0 Å². The number of rotatable bonds is 8. The molecule has 3 N–H and O–H groups in total. The van der Waals surface area contributed by atoms with Gasteiger partial charge in [0.05, 0.1) is 6.04 Å². The lowest BCUT2D eigenvalue weighted by atomic mass is 10.00. The molecule has 102 valence electrons. The van der Waals surface area contributed by atoms with Gasteiger partial charge in [0.25, 0.3) is 0 Å². The zero-order valence-corrected chi connectivity index (χ0v) is 11.6. The van der Waals surface area contributed by atoms with Gasteiger partial charge in [0, 0.05) is 18.7 Å². The van der Waals surface area contributed by atoms with Crippen molar-refractivity contribution in [2.75, 3.05) is 20.3 Å². The third-order valence-corrected chi connectivity index (χ3v) is 3.14. The number of benzene rings is 1. The van der Waals surface area contributed by atoms with Crippen LogP contribution >= 0.6 is 11.6 Å². The second-order valence-corrected chi connectivity index (χ2v) is 4.74. The Morgan fingerprint density at radius 1 is 1.44 bits per heavy atom.